The topological polar surface area (TPSA) is 88.5 Å². The van der Waals surface area contributed by atoms with Gasteiger partial charge in [-0.25, -0.2) is 0 Å². The summed E-state index contributed by atoms with van der Waals surface area (Å²) < 4.78 is 5.72. The highest BCUT2D eigenvalue weighted by Gasteiger charge is 2.34. The van der Waals surface area contributed by atoms with E-state index in [2.05, 4.69) is 4.98 Å². The molecule has 1 N–H and O–H groups in total. The Morgan fingerprint density at radius 2 is 2.32 bits per heavy atom. The first-order chi connectivity index (χ1) is 8.78. The SMILES string of the molecule is CC1CN(C(=O)c2cc([N+](=O)[O-])c[nH]2)CC(C)(C)O1. The number of hydrogen-bond donors (Lipinski definition) is 1. The normalized spacial score (nSPS) is 22.3. The maximum absolute atomic E-state index is 12.3. The smallest absolute Gasteiger partial charge is 0.287 e. The second-order valence-electron chi connectivity index (χ2n) is 5.40. The zero-order valence-corrected chi connectivity index (χ0v) is 11.2. The molecule has 0 aromatic carbocycles. The summed E-state index contributed by atoms with van der Waals surface area (Å²) in [7, 11) is 0. The molecule has 1 amide bonds. The van der Waals surface area contributed by atoms with Crippen LogP contribution in [0.4, 0.5) is 5.69 Å². The maximum Gasteiger partial charge on any atom is 0.287 e. The summed E-state index contributed by atoms with van der Waals surface area (Å²) in [5.74, 6) is -0.240. The van der Waals surface area contributed by atoms with E-state index in [4.69, 9.17) is 4.74 Å². The monoisotopic (exact) mass is 267 g/mol. The van der Waals surface area contributed by atoms with E-state index in [-0.39, 0.29) is 23.4 Å². The Balaban J connectivity index is 2.16. The number of hydrogen-bond acceptors (Lipinski definition) is 4. The molecule has 0 aliphatic carbocycles. The lowest BCUT2D eigenvalue weighted by atomic mass is 10.1. The minimum atomic E-state index is -0.529. The van der Waals surface area contributed by atoms with Crippen molar-refractivity contribution < 1.29 is 14.5 Å². The van der Waals surface area contributed by atoms with Crippen molar-refractivity contribution in [2.75, 3.05) is 13.1 Å². The Labute approximate surface area is 110 Å². The predicted molar refractivity (Wildman–Crippen MR) is 68.0 cm³/mol. The largest absolute Gasteiger partial charge is 0.369 e. The number of H-pyrrole nitrogens is 1. The minimum absolute atomic E-state index is 0.0577. The Bertz CT molecular complexity index is 509. The molecular formula is C12H17N3O4. The van der Waals surface area contributed by atoms with Gasteiger partial charge >= 0.3 is 0 Å². The lowest BCUT2D eigenvalue weighted by molar-refractivity contribution is -0.384. The summed E-state index contributed by atoms with van der Waals surface area (Å²) in [6.45, 7) is 6.68. The van der Waals surface area contributed by atoms with Crippen LogP contribution in [-0.2, 0) is 4.74 Å². The van der Waals surface area contributed by atoms with Gasteiger partial charge in [0.1, 0.15) is 5.69 Å². The number of aromatic nitrogens is 1. The van der Waals surface area contributed by atoms with Crippen LogP contribution in [0.3, 0.4) is 0 Å². The molecule has 1 atom stereocenters. The Hall–Kier alpha value is -1.89. The van der Waals surface area contributed by atoms with E-state index >= 15 is 0 Å². The molecule has 1 aromatic rings. The molecular weight excluding hydrogens is 250 g/mol. The van der Waals surface area contributed by atoms with Gasteiger partial charge in [-0.2, -0.15) is 0 Å². The number of amides is 1. The first-order valence-corrected chi connectivity index (χ1v) is 6.08. The maximum atomic E-state index is 12.3. The van der Waals surface area contributed by atoms with Crippen molar-refractivity contribution >= 4 is 11.6 Å². The number of morpholine rings is 1. The summed E-state index contributed by atoms with van der Waals surface area (Å²) in [6, 6.07) is 1.26. The number of nitrogens with zero attached hydrogens (tertiary/aromatic N) is 2. The zero-order valence-electron chi connectivity index (χ0n) is 11.2. The van der Waals surface area contributed by atoms with Crippen LogP contribution in [0.25, 0.3) is 0 Å². The van der Waals surface area contributed by atoms with Gasteiger partial charge in [-0.05, 0) is 20.8 Å². The van der Waals surface area contributed by atoms with E-state index < -0.39 is 10.5 Å². The van der Waals surface area contributed by atoms with Crippen molar-refractivity contribution in [3.63, 3.8) is 0 Å². The van der Waals surface area contributed by atoms with Crippen LogP contribution in [-0.4, -0.2) is 45.5 Å². The molecule has 2 heterocycles. The summed E-state index contributed by atoms with van der Waals surface area (Å²) in [5, 5.41) is 10.6. The van der Waals surface area contributed by atoms with Crippen LogP contribution >= 0.6 is 0 Å². The summed E-state index contributed by atoms with van der Waals surface area (Å²) in [6.07, 6.45) is 1.17. The molecule has 0 saturated carbocycles. The lowest BCUT2D eigenvalue weighted by Gasteiger charge is -2.41. The number of nitro groups is 1. The predicted octanol–water partition coefficient (Wildman–Crippen LogP) is 1.56. The van der Waals surface area contributed by atoms with Crippen molar-refractivity contribution in [3.05, 3.63) is 28.1 Å². The number of aromatic amines is 1. The van der Waals surface area contributed by atoms with Gasteiger partial charge in [-0.15, -0.1) is 0 Å². The second-order valence-corrected chi connectivity index (χ2v) is 5.40. The average Bonchev–Trinajstić information content (AvgIpc) is 2.74. The number of carbonyl (C=O) groups is 1. The van der Waals surface area contributed by atoms with Crippen molar-refractivity contribution in [3.8, 4) is 0 Å². The molecule has 19 heavy (non-hydrogen) atoms. The van der Waals surface area contributed by atoms with Gasteiger partial charge in [0.25, 0.3) is 11.6 Å². The van der Waals surface area contributed by atoms with Gasteiger partial charge < -0.3 is 14.6 Å². The number of rotatable bonds is 2. The summed E-state index contributed by atoms with van der Waals surface area (Å²) in [4.78, 5) is 26.7. The molecule has 104 valence electrons. The Kier molecular flexibility index (Phi) is 3.32. The minimum Gasteiger partial charge on any atom is -0.369 e. The highest BCUT2D eigenvalue weighted by molar-refractivity contribution is 5.93. The van der Waals surface area contributed by atoms with Gasteiger partial charge in [-0.1, -0.05) is 0 Å². The molecule has 1 unspecified atom stereocenters. The quantitative estimate of drug-likeness (QED) is 0.650. The fraction of sp³-hybridized carbons (Fsp3) is 0.583. The molecule has 7 heteroatoms. The second kappa shape index (κ2) is 4.65. The lowest BCUT2D eigenvalue weighted by Crippen LogP contribution is -2.53. The van der Waals surface area contributed by atoms with E-state index in [1.54, 1.807) is 4.90 Å². The van der Waals surface area contributed by atoms with Crippen molar-refractivity contribution in [1.29, 1.82) is 0 Å². The summed E-state index contributed by atoms with van der Waals surface area (Å²) >= 11 is 0. The van der Waals surface area contributed by atoms with Crippen LogP contribution in [0.2, 0.25) is 0 Å². The van der Waals surface area contributed by atoms with E-state index in [0.29, 0.717) is 13.1 Å². The molecule has 1 saturated heterocycles. The number of nitrogens with one attached hydrogen (secondary N) is 1. The molecule has 1 aromatic heterocycles. The van der Waals surface area contributed by atoms with Gasteiger partial charge in [0, 0.05) is 19.2 Å². The molecule has 0 spiro atoms. The Morgan fingerprint density at radius 1 is 1.63 bits per heavy atom. The van der Waals surface area contributed by atoms with Crippen LogP contribution in [0.15, 0.2) is 12.3 Å². The standard InChI is InChI=1S/C12H17N3O4/c1-8-6-14(7-12(2,3)19-8)11(16)10-4-9(5-13-10)15(17)18/h4-5,8,13H,6-7H2,1-3H3. The molecule has 1 aliphatic heterocycles. The van der Waals surface area contributed by atoms with E-state index in [9.17, 15) is 14.9 Å². The fourth-order valence-electron chi connectivity index (χ4n) is 2.39. The molecule has 1 fully saturated rings. The van der Waals surface area contributed by atoms with Crippen LogP contribution in [0.1, 0.15) is 31.3 Å². The fourth-order valence-corrected chi connectivity index (χ4v) is 2.39. The first kappa shape index (κ1) is 13.5. The number of ether oxygens (including phenoxy) is 1. The van der Waals surface area contributed by atoms with Crippen molar-refractivity contribution in [1.82, 2.24) is 9.88 Å². The van der Waals surface area contributed by atoms with Gasteiger partial charge in [0.05, 0.1) is 22.8 Å². The van der Waals surface area contributed by atoms with Crippen LogP contribution in [0.5, 0.6) is 0 Å². The van der Waals surface area contributed by atoms with Crippen molar-refractivity contribution in [2.24, 2.45) is 0 Å². The van der Waals surface area contributed by atoms with E-state index in [1.807, 2.05) is 20.8 Å². The molecule has 1 aliphatic rings. The van der Waals surface area contributed by atoms with Crippen molar-refractivity contribution in [2.45, 2.75) is 32.5 Å². The highest BCUT2D eigenvalue weighted by Crippen LogP contribution is 2.23. The third-order valence-corrected chi connectivity index (χ3v) is 2.97. The molecule has 0 radical (unpaired) electrons. The highest BCUT2D eigenvalue weighted by atomic mass is 16.6. The van der Waals surface area contributed by atoms with Crippen LogP contribution in [0, 0.1) is 10.1 Å². The average molecular weight is 267 g/mol. The van der Waals surface area contributed by atoms with Gasteiger partial charge in [0.2, 0.25) is 0 Å². The van der Waals surface area contributed by atoms with Gasteiger partial charge in [0.15, 0.2) is 0 Å². The molecule has 2 rings (SSSR count). The Morgan fingerprint density at radius 3 is 2.84 bits per heavy atom. The molecule has 7 nitrogen and oxygen atoms in total. The number of carbonyl (C=O) groups excluding carboxylic acids is 1. The van der Waals surface area contributed by atoms with Crippen LogP contribution < -0.4 is 0 Å². The first-order valence-electron chi connectivity index (χ1n) is 6.08. The van der Waals surface area contributed by atoms with E-state index in [1.165, 1.54) is 12.3 Å². The summed E-state index contributed by atoms with van der Waals surface area (Å²) in [5.41, 5.74) is -0.285. The third-order valence-electron chi connectivity index (χ3n) is 2.97. The van der Waals surface area contributed by atoms with Gasteiger partial charge in [-0.3, -0.25) is 14.9 Å². The zero-order chi connectivity index (χ0) is 14.2. The third kappa shape index (κ3) is 2.93. The molecule has 0 bridgehead atoms. The van der Waals surface area contributed by atoms with E-state index in [0.717, 1.165) is 0 Å².